The molecule has 0 aliphatic heterocycles. The molecular formula is C14H13N3O2. The summed E-state index contributed by atoms with van der Waals surface area (Å²) < 4.78 is 0. The van der Waals surface area contributed by atoms with Gasteiger partial charge in [-0.15, -0.1) is 0 Å². The SMILES string of the molecule is N#Cc1cc(C(=O)NCc2ccccc2CO)c[nH]1. The summed E-state index contributed by atoms with van der Waals surface area (Å²) in [6, 6.07) is 10.8. The number of amides is 1. The van der Waals surface area contributed by atoms with Gasteiger partial charge in [0, 0.05) is 12.7 Å². The molecule has 0 radical (unpaired) electrons. The third-order valence-corrected chi connectivity index (χ3v) is 2.79. The maximum absolute atomic E-state index is 11.8. The molecule has 1 aromatic heterocycles. The Hall–Kier alpha value is -2.58. The Morgan fingerprint density at radius 2 is 2.11 bits per heavy atom. The number of hydrogen-bond donors (Lipinski definition) is 3. The van der Waals surface area contributed by atoms with Crippen molar-refractivity contribution in [3.05, 3.63) is 58.9 Å². The molecule has 0 aliphatic carbocycles. The lowest BCUT2D eigenvalue weighted by molar-refractivity contribution is 0.0950. The van der Waals surface area contributed by atoms with Gasteiger partial charge in [0.05, 0.1) is 12.2 Å². The van der Waals surface area contributed by atoms with Crippen LogP contribution in [0.3, 0.4) is 0 Å². The molecule has 5 heteroatoms. The van der Waals surface area contributed by atoms with E-state index in [1.807, 2.05) is 30.3 Å². The largest absolute Gasteiger partial charge is 0.392 e. The number of carbonyl (C=O) groups is 1. The molecular weight excluding hydrogens is 242 g/mol. The molecule has 0 fully saturated rings. The molecule has 0 atom stereocenters. The minimum absolute atomic E-state index is 0.0607. The van der Waals surface area contributed by atoms with E-state index in [-0.39, 0.29) is 12.5 Å². The minimum Gasteiger partial charge on any atom is -0.392 e. The van der Waals surface area contributed by atoms with Gasteiger partial charge >= 0.3 is 0 Å². The van der Waals surface area contributed by atoms with Gasteiger partial charge in [0.25, 0.3) is 5.91 Å². The zero-order valence-electron chi connectivity index (χ0n) is 10.2. The van der Waals surface area contributed by atoms with Gasteiger partial charge in [0.2, 0.25) is 0 Å². The fourth-order valence-corrected chi connectivity index (χ4v) is 1.75. The van der Waals surface area contributed by atoms with Crippen LogP contribution in [0.1, 0.15) is 27.2 Å². The van der Waals surface area contributed by atoms with Gasteiger partial charge < -0.3 is 15.4 Å². The van der Waals surface area contributed by atoms with Crippen molar-refractivity contribution in [2.75, 3.05) is 0 Å². The van der Waals surface area contributed by atoms with E-state index >= 15 is 0 Å². The summed E-state index contributed by atoms with van der Waals surface area (Å²) in [5, 5.41) is 20.6. The van der Waals surface area contributed by atoms with Crippen LogP contribution in [0, 0.1) is 11.3 Å². The lowest BCUT2D eigenvalue weighted by atomic mass is 10.1. The number of rotatable bonds is 4. The molecule has 0 bridgehead atoms. The normalized spacial score (nSPS) is 9.89. The van der Waals surface area contributed by atoms with Crippen molar-refractivity contribution in [3.8, 4) is 6.07 Å². The molecule has 96 valence electrons. The van der Waals surface area contributed by atoms with Crippen molar-refractivity contribution >= 4 is 5.91 Å². The number of hydrogen-bond acceptors (Lipinski definition) is 3. The molecule has 0 saturated carbocycles. The number of nitriles is 1. The summed E-state index contributed by atoms with van der Waals surface area (Å²) in [7, 11) is 0. The highest BCUT2D eigenvalue weighted by molar-refractivity contribution is 5.94. The molecule has 19 heavy (non-hydrogen) atoms. The van der Waals surface area contributed by atoms with E-state index in [2.05, 4.69) is 10.3 Å². The molecule has 0 saturated heterocycles. The van der Waals surface area contributed by atoms with Gasteiger partial charge in [-0.3, -0.25) is 4.79 Å². The van der Waals surface area contributed by atoms with E-state index in [0.29, 0.717) is 17.8 Å². The summed E-state index contributed by atoms with van der Waals surface area (Å²) in [4.78, 5) is 14.5. The molecule has 1 heterocycles. The van der Waals surface area contributed by atoms with Crippen molar-refractivity contribution in [1.82, 2.24) is 10.3 Å². The molecule has 0 spiro atoms. The maximum atomic E-state index is 11.8. The van der Waals surface area contributed by atoms with Crippen molar-refractivity contribution < 1.29 is 9.90 Å². The third kappa shape index (κ3) is 3.00. The fraction of sp³-hybridized carbons (Fsp3) is 0.143. The fourth-order valence-electron chi connectivity index (χ4n) is 1.75. The molecule has 2 aromatic rings. The number of nitrogens with one attached hydrogen (secondary N) is 2. The smallest absolute Gasteiger partial charge is 0.253 e. The lowest BCUT2D eigenvalue weighted by Gasteiger charge is -2.08. The average Bonchev–Trinajstić information content (AvgIpc) is 2.94. The lowest BCUT2D eigenvalue weighted by Crippen LogP contribution is -2.22. The summed E-state index contributed by atoms with van der Waals surface area (Å²) >= 11 is 0. The minimum atomic E-state index is -0.259. The van der Waals surface area contributed by atoms with Crippen LogP contribution < -0.4 is 5.32 Å². The number of benzene rings is 1. The van der Waals surface area contributed by atoms with Crippen LogP contribution in [-0.2, 0) is 13.2 Å². The Morgan fingerprint density at radius 3 is 2.74 bits per heavy atom. The first kappa shape index (κ1) is 12.9. The predicted octanol–water partition coefficient (Wildman–Crippen LogP) is 1.31. The van der Waals surface area contributed by atoms with Crippen molar-refractivity contribution in [3.63, 3.8) is 0 Å². The van der Waals surface area contributed by atoms with Gasteiger partial charge in [-0.2, -0.15) is 5.26 Å². The van der Waals surface area contributed by atoms with Crippen LogP contribution in [0.5, 0.6) is 0 Å². The highest BCUT2D eigenvalue weighted by atomic mass is 16.3. The number of aromatic nitrogens is 1. The standard InChI is InChI=1S/C14H13N3O2/c15-6-13-5-12(8-16-13)14(19)17-7-10-3-1-2-4-11(10)9-18/h1-5,8,16,18H,7,9H2,(H,17,19). The Balaban J connectivity index is 2.02. The van der Waals surface area contributed by atoms with Crippen molar-refractivity contribution in [2.24, 2.45) is 0 Å². The van der Waals surface area contributed by atoms with E-state index < -0.39 is 0 Å². The van der Waals surface area contributed by atoms with E-state index in [9.17, 15) is 9.90 Å². The topological polar surface area (TPSA) is 88.9 Å². The molecule has 1 amide bonds. The number of H-pyrrole nitrogens is 1. The summed E-state index contributed by atoms with van der Waals surface area (Å²) in [6.07, 6.45) is 1.49. The maximum Gasteiger partial charge on any atom is 0.253 e. The predicted molar refractivity (Wildman–Crippen MR) is 69.0 cm³/mol. The third-order valence-electron chi connectivity index (χ3n) is 2.79. The van der Waals surface area contributed by atoms with Gasteiger partial charge in [-0.1, -0.05) is 24.3 Å². The summed E-state index contributed by atoms with van der Waals surface area (Å²) in [5.74, 6) is -0.259. The van der Waals surface area contributed by atoms with E-state index in [1.54, 1.807) is 0 Å². The molecule has 1 aromatic carbocycles. The Kier molecular flexibility index (Phi) is 3.96. The van der Waals surface area contributed by atoms with Crippen LogP contribution >= 0.6 is 0 Å². The number of aromatic amines is 1. The number of aliphatic hydroxyl groups is 1. The Labute approximate surface area is 110 Å². The highest BCUT2D eigenvalue weighted by Gasteiger charge is 2.08. The second-order valence-electron chi connectivity index (χ2n) is 4.02. The molecule has 0 aliphatic rings. The summed E-state index contributed by atoms with van der Waals surface area (Å²) in [6.45, 7) is 0.275. The van der Waals surface area contributed by atoms with E-state index in [1.165, 1.54) is 12.3 Å². The average molecular weight is 255 g/mol. The number of nitrogens with zero attached hydrogens (tertiary/aromatic N) is 1. The van der Waals surface area contributed by atoms with Crippen LogP contribution in [0.15, 0.2) is 36.5 Å². The van der Waals surface area contributed by atoms with Gasteiger partial charge in [0.15, 0.2) is 0 Å². The van der Waals surface area contributed by atoms with Gasteiger partial charge in [0.1, 0.15) is 11.8 Å². The summed E-state index contributed by atoms with van der Waals surface area (Å²) in [5.41, 5.74) is 2.42. The number of aliphatic hydroxyl groups excluding tert-OH is 1. The zero-order chi connectivity index (χ0) is 13.7. The number of carbonyl (C=O) groups excluding carboxylic acids is 1. The second-order valence-corrected chi connectivity index (χ2v) is 4.02. The zero-order valence-corrected chi connectivity index (χ0v) is 10.2. The van der Waals surface area contributed by atoms with Crippen molar-refractivity contribution in [1.29, 1.82) is 5.26 Å². The first-order valence-electron chi connectivity index (χ1n) is 5.79. The van der Waals surface area contributed by atoms with Crippen LogP contribution in [-0.4, -0.2) is 16.0 Å². The van der Waals surface area contributed by atoms with Crippen molar-refractivity contribution in [2.45, 2.75) is 13.2 Å². The van der Waals surface area contributed by atoms with Crippen LogP contribution in [0.25, 0.3) is 0 Å². The molecule has 0 unspecified atom stereocenters. The Morgan fingerprint density at radius 1 is 1.37 bits per heavy atom. The second kappa shape index (κ2) is 5.85. The molecule has 2 rings (SSSR count). The monoisotopic (exact) mass is 255 g/mol. The van der Waals surface area contributed by atoms with E-state index in [0.717, 1.165) is 11.1 Å². The van der Waals surface area contributed by atoms with Gasteiger partial charge in [-0.05, 0) is 17.2 Å². The van der Waals surface area contributed by atoms with Gasteiger partial charge in [-0.25, -0.2) is 0 Å². The van der Waals surface area contributed by atoms with E-state index in [4.69, 9.17) is 5.26 Å². The first-order valence-corrected chi connectivity index (χ1v) is 5.79. The quantitative estimate of drug-likeness (QED) is 0.769. The Bertz CT molecular complexity index is 626. The van der Waals surface area contributed by atoms with Crippen LogP contribution in [0.2, 0.25) is 0 Å². The first-order chi connectivity index (χ1) is 9.24. The van der Waals surface area contributed by atoms with Crippen LogP contribution in [0.4, 0.5) is 0 Å². The molecule has 5 nitrogen and oxygen atoms in total. The molecule has 3 N–H and O–H groups in total. The highest BCUT2D eigenvalue weighted by Crippen LogP contribution is 2.09.